The second kappa shape index (κ2) is 8.87. The fourth-order valence-electron chi connectivity index (χ4n) is 4.34. The van der Waals surface area contributed by atoms with Crippen molar-refractivity contribution < 1.29 is 14.3 Å². The normalized spacial score (nSPS) is 19.7. The van der Waals surface area contributed by atoms with Crippen molar-refractivity contribution in [2.75, 3.05) is 39.9 Å². The predicted molar refractivity (Wildman–Crippen MR) is 102 cm³/mol. The lowest BCUT2D eigenvalue weighted by molar-refractivity contribution is -0.142. The Hall–Kier alpha value is -1.89. The van der Waals surface area contributed by atoms with Crippen molar-refractivity contribution in [3.63, 3.8) is 0 Å². The minimum atomic E-state index is 0.191. The fourth-order valence-corrected chi connectivity index (χ4v) is 4.34. The summed E-state index contributed by atoms with van der Waals surface area (Å²) in [6.45, 7) is 6.55. The lowest BCUT2D eigenvalue weighted by atomic mass is 9.72. The molecule has 2 fully saturated rings. The number of carbonyl (C=O) groups is 2. The first-order valence-electron chi connectivity index (χ1n) is 10.1. The molecule has 0 radical (unpaired) electrons. The number of nitrogens with zero attached hydrogens (tertiary/aromatic N) is 4. The van der Waals surface area contributed by atoms with E-state index >= 15 is 0 Å². The molecule has 1 aromatic rings. The van der Waals surface area contributed by atoms with Crippen molar-refractivity contribution in [2.45, 2.75) is 52.0 Å². The number of methoxy groups -OCH3 is 1. The standard InChI is InChI=1S/C20H32N4O3/c1-17-5-10-21-24(17)12-6-19(26)22-13-8-20(9-14-22)7-4-18(25)23(16-20)11-3-15-27-2/h5,10H,3-4,6-9,11-16H2,1-2H3. The third-order valence-corrected chi connectivity index (χ3v) is 6.17. The van der Waals surface area contributed by atoms with Crippen LogP contribution in [0.2, 0.25) is 0 Å². The van der Waals surface area contributed by atoms with E-state index in [9.17, 15) is 9.59 Å². The van der Waals surface area contributed by atoms with Gasteiger partial charge in [0, 0.05) is 71.2 Å². The number of hydrogen-bond donors (Lipinski definition) is 0. The number of piperidine rings is 2. The quantitative estimate of drug-likeness (QED) is 0.681. The number of aromatic nitrogens is 2. The zero-order valence-corrected chi connectivity index (χ0v) is 16.7. The molecule has 0 atom stereocenters. The molecule has 0 bridgehead atoms. The van der Waals surface area contributed by atoms with Gasteiger partial charge in [-0.3, -0.25) is 14.3 Å². The van der Waals surface area contributed by atoms with Crippen LogP contribution in [0.1, 0.15) is 44.2 Å². The van der Waals surface area contributed by atoms with E-state index in [1.807, 2.05) is 27.5 Å². The van der Waals surface area contributed by atoms with Crippen molar-refractivity contribution in [2.24, 2.45) is 5.41 Å². The molecule has 2 amide bonds. The molecule has 7 heteroatoms. The van der Waals surface area contributed by atoms with Gasteiger partial charge in [0.05, 0.1) is 0 Å². The van der Waals surface area contributed by atoms with Crippen LogP contribution < -0.4 is 0 Å². The van der Waals surface area contributed by atoms with Gasteiger partial charge in [0.15, 0.2) is 0 Å². The number of likely N-dealkylation sites (tertiary alicyclic amines) is 2. The van der Waals surface area contributed by atoms with Gasteiger partial charge in [0.25, 0.3) is 0 Å². The highest BCUT2D eigenvalue weighted by Gasteiger charge is 2.41. The molecule has 0 N–H and O–H groups in total. The lowest BCUT2D eigenvalue weighted by Gasteiger charge is -2.47. The van der Waals surface area contributed by atoms with Gasteiger partial charge >= 0.3 is 0 Å². The largest absolute Gasteiger partial charge is 0.385 e. The smallest absolute Gasteiger partial charge is 0.224 e. The molecule has 150 valence electrons. The van der Waals surface area contributed by atoms with Crippen LogP contribution in [-0.2, 0) is 20.9 Å². The van der Waals surface area contributed by atoms with Crippen LogP contribution in [0.25, 0.3) is 0 Å². The van der Waals surface area contributed by atoms with Gasteiger partial charge in [-0.15, -0.1) is 0 Å². The Morgan fingerprint density at radius 2 is 2.04 bits per heavy atom. The van der Waals surface area contributed by atoms with Gasteiger partial charge < -0.3 is 14.5 Å². The van der Waals surface area contributed by atoms with E-state index in [1.54, 1.807) is 13.3 Å². The monoisotopic (exact) mass is 376 g/mol. The van der Waals surface area contributed by atoms with Gasteiger partial charge in [0.2, 0.25) is 11.8 Å². The minimum absolute atomic E-state index is 0.191. The highest BCUT2D eigenvalue weighted by atomic mass is 16.5. The van der Waals surface area contributed by atoms with Gasteiger partial charge in [-0.2, -0.15) is 5.10 Å². The SMILES string of the molecule is COCCCN1CC2(CCC1=O)CCN(C(=O)CCn1nccc1C)CC2. The topological polar surface area (TPSA) is 67.7 Å². The van der Waals surface area contributed by atoms with Crippen molar-refractivity contribution in [1.82, 2.24) is 19.6 Å². The van der Waals surface area contributed by atoms with Gasteiger partial charge in [-0.1, -0.05) is 0 Å². The number of aryl methyl sites for hydroxylation is 2. The average Bonchev–Trinajstić information content (AvgIpc) is 3.08. The zero-order chi connectivity index (χ0) is 19.3. The molecule has 27 heavy (non-hydrogen) atoms. The summed E-state index contributed by atoms with van der Waals surface area (Å²) in [5, 5.41) is 4.25. The van der Waals surface area contributed by atoms with Crippen LogP contribution in [0.4, 0.5) is 0 Å². The maximum absolute atomic E-state index is 12.6. The Morgan fingerprint density at radius 3 is 2.70 bits per heavy atom. The van der Waals surface area contributed by atoms with Crippen LogP contribution in [0, 0.1) is 12.3 Å². The van der Waals surface area contributed by atoms with Crippen molar-refractivity contribution in [1.29, 1.82) is 0 Å². The number of rotatable bonds is 7. The van der Waals surface area contributed by atoms with Crippen LogP contribution in [0.3, 0.4) is 0 Å². The fraction of sp³-hybridized carbons (Fsp3) is 0.750. The molecule has 0 aliphatic carbocycles. The van der Waals surface area contributed by atoms with Crippen molar-refractivity contribution in [3.8, 4) is 0 Å². The van der Waals surface area contributed by atoms with Crippen LogP contribution in [0.5, 0.6) is 0 Å². The molecule has 2 aliphatic heterocycles. The molecule has 3 rings (SSSR count). The summed E-state index contributed by atoms with van der Waals surface area (Å²) in [5.74, 6) is 0.480. The predicted octanol–water partition coefficient (Wildman–Crippen LogP) is 1.85. The van der Waals surface area contributed by atoms with E-state index in [2.05, 4.69) is 5.10 Å². The Balaban J connectivity index is 1.47. The number of carbonyl (C=O) groups excluding carboxylic acids is 2. The molecule has 2 saturated heterocycles. The molecule has 1 spiro atoms. The third-order valence-electron chi connectivity index (χ3n) is 6.17. The molecule has 0 unspecified atom stereocenters. The highest BCUT2D eigenvalue weighted by molar-refractivity contribution is 5.77. The molecule has 7 nitrogen and oxygen atoms in total. The molecule has 0 aromatic carbocycles. The highest BCUT2D eigenvalue weighted by Crippen LogP contribution is 2.40. The lowest BCUT2D eigenvalue weighted by Crippen LogP contribution is -2.52. The Kier molecular flexibility index (Phi) is 6.52. The van der Waals surface area contributed by atoms with Gasteiger partial charge in [0.1, 0.15) is 0 Å². The van der Waals surface area contributed by atoms with E-state index in [1.165, 1.54) is 0 Å². The molecule has 0 saturated carbocycles. The van der Waals surface area contributed by atoms with E-state index in [4.69, 9.17) is 4.74 Å². The second-order valence-corrected chi connectivity index (χ2v) is 7.99. The summed E-state index contributed by atoms with van der Waals surface area (Å²) in [5.41, 5.74) is 1.27. The maximum atomic E-state index is 12.6. The van der Waals surface area contributed by atoms with Crippen LogP contribution >= 0.6 is 0 Å². The summed E-state index contributed by atoms with van der Waals surface area (Å²) in [7, 11) is 1.69. The summed E-state index contributed by atoms with van der Waals surface area (Å²) in [6.07, 6.45) is 6.74. The first kappa shape index (κ1) is 19.9. The molecular formula is C20H32N4O3. The number of amides is 2. The second-order valence-electron chi connectivity index (χ2n) is 7.99. The molecule has 1 aromatic heterocycles. The Bertz CT molecular complexity index is 649. The maximum Gasteiger partial charge on any atom is 0.224 e. The average molecular weight is 377 g/mol. The molecule has 3 heterocycles. The van der Waals surface area contributed by atoms with E-state index in [0.29, 0.717) is 26.0 Å². The van der Waals surface area contributed by atoms with Gasteiger partial charge in [-0.05, 0) is 44.1 Å². The number of hydrogen-bond acceptors (Lipinski definition) is 4. The van der Waals surface area contributed by atoms with Crippen molar-refractivity contribution >= 4 is 11.8 Å². The summed E-state index contributed by atoms with van der Waals surface area (Å²) in [6, 6.07) is 1.96. The minimum Gasteiger partial charge on any atom is -0.385 e. The zero-order valence-electron chi connectivity index (χ0n) is 16.7. The molecule has 2 aliphatic rings. The first-order valence-corrected chi connectivity index (χ1v) is 10.1. The summed E-state index contributed by atoms with van der Waals surface area (Å²) >= 11 is 0. The van der Waals surface area contributed by atoms with E-state index < -0.39 is 0 Å². The van der Waals surface area contributed by atoms with E-state index in [-0.39, 0.29) is 17.2 Å². The van der Waals surface area contributed by atoms with Gasteiger partial charge in [-0.25, -0.2) is 0 Å². The Morgan fingerprint density at radius 1 is 1.26 bits per heavy atom. The number of ether oxygens (including phenoxy) is 1. The summed E-state index contributed by atoms with van der Waals surface area (Å²) < 4.78 is 7.00. The van der Waals surface area contributed by atoms with Crippen LogP contribution in [-0.4, -0.2) is 71.3 Å². The Labute approximate surface area is 161 Å². The van der Waals surface area contributed by atoms with E-state index in [0.717, 1.165) is 57.6 Å². The third kappa shape index (κ3) is 4.89. The van der Waals surface area contributed by atoms with Crippen LogP contribution in [0.15, 0.2) is 12.3 Å². The van der Waals surface area contributed by atoms with Crippen molar-refractivity contribution in [3.05, 3.63) is 18.0 Å². The summed E-state index contributed by atoms with van der Waals surface area (Å²) in [4.78, 5) is 28.8. The molecular weight excluding hydrogens is 344 g/mol. The first-order chi connectivity index (χ1) is 13.0.